The summed E-state index contributed by atoms with van der Waals surface area (Å²) < 4.78 is 15.6. The minimum Gasteiger partial charge on any atom is -0.497 e. The van der Waals surface area contributed by atoms with Crippen molar-refractivity contribution < 1.29 is 33.4 Å². The summed E-state index contributed by atoms with van der Waals surface area (Å²) in [6.45, 7) is 0.914. The molecular weight excluding hydrogens is 438 g/mol. The van der Waals surface area contributed by atoms with Crippen LogP contribution in [0.4, 0.5) is 5.69 Å². The van der Waals surface area contributed by atoms with Crippen LogP contribution in [0.3, 0.4) is 0 Å². The van der Waals surface area contributed by atoms with Crippen molar-refractivity contribution in [2.24, 2.45) is 0 Å². The summed E-state index contributed by atoms with van der Waals surface area (Å²) in [5, 5.41) is 2.56. The van der Waals surface area contributed by atoms with Crippen molar-refractivity contribution in [1.82, 2.24) is 0 Å². The van der Waals surface area contributed by atoms with Gasteiger partial charge in [-0.1, -0.05) is 36.4 Å². The molecule has 1 N–H and O–H groups in total. The van der Waals surface area contributed by atoms with Crippen LogP contribution in [0.2, 0.25) is 0 Å². The molecule has 1 aliphatic rings. The van der Waals surface area contributed by atoms with Crippen LogP contribution in [0.1, 0.15) is 38.8 Å². The highest BCUT2D eigenvalue weighted by atomic mass is 16.6. The molecule has 3 aromatic rings. The van der Waals surface area contributed by atoms with Crippen LogP contribution < -0.4 is 14.8 Å². The predicted octanol–water partition coefficient (Wildman–Crippen LogP) is 3.42. The molecule has 0 saturated heterocycles. The van der Waals surface area contributed by atoms with Gasteiger partial charge in [-0.15, -0.1) is 0 Å². The van der Waals surface area contributed by atoms with Gasteiger partial charge in [0, 0.05) is 16.7 Å². The molecule has 172 valence electrons. The Morgan fingerprint density at radius 2 is 1.44 bits per heavy atom. The summed E-state index contributed by atoms with van der Waals surface area (Å²) >= 11 is 0. The fourth-order valence-corrected chi connectivity index (χ4v) is 3.60. The summed E-state index contributed by atoms with van der Waals surface area (Å²) in [5.41, 5.74) is 1.09. The Morgan fingerprint density at radius 1 is 0.824 bits per heavy atom. The number of rotatable bonds is 7. The van der Waals surface area contributed by atoms with Crippen molar-refractivity contribution in [3.63, 3.8) is 0 Å². The molecule has 0 radical (unpaired) electrons. The molecule has 8 heteroatoms. The SMILES string of the molecule is COc1ccc(OC(C)C(=O)OCC(=O)Nc2cccc3c2C(=O)c2ccccc2C3=O)cc1. The second-order valence-electron chi connectivity index (χ2n) is 7.52. The Labute approximate surface area is 195 Å². The lowest BCUT2D eigenvalue weighted by molar-refractivity contribution is -0.153. The number of esters is 1. The number of hydrogen-bond acceptors (Lipinski definition) is 7. The second-order valence-corrected chi connectivity index (χ2v) is 7.52. The number of amides is 1. The van der Waals surface area contributed by atoms with E-state index in [1.165, 1.54) is 13.0 Å². The number of carbonyl (C=O) groups is 4. The highest BCUT2D eigenvalue weighted by Crippen LogP contribution is 2.31. The molecule has 1 atom stereocenters. The number of hydrogen-bond donors (Lipinski definition) is 1. The Balaban J connectivity index is 1.39. The quantitative estimate of drug-likeness (QED) is 0.422. The lowest BCUT2D eigenvalue weighted by Gasteiger charge is -2.20. The number of nitrogens with one attached hydrogen (secondary N) is 1. The summed E-state index contributed by atoms with van der Waals surface area (Å²) in [4.78, 5) is 50.5. The zero-order chi connectivity index (χ0) is 24.2. The molecule has 0 heterocycles. The van der Waals surface area contributed by atoms with E-state index in [1.807, 2.05) is 0 Å². The lowest BCUT2D eigenvalue weighted by atomic mass is 9.83. The first-order chi connectivity index (χ1) is 16.4. The average Bonchev–Trinajstić information content (AvgIpc) is 2.86. The van der Waals surface area contributed by atoms with Crippen LogP contribution >= 0.6 is 0 Å². The summed E-state index contributed by atoms with van der Waals surface area (Å²) in [7, 11) is 1.54. The first-order valence-corrected chi connectivity index (χ1v) is 10.5. The van der Waals surface area contributed by atoms with Gasteiger partial charge in [-0.05, 0) is 37.3 Å². The molecule has 1 amide bonds. The number of methoxy groups -OCH3 is 1. The van der Waals surface area contributed by atoms with E-state index < -0.39 is 24.6 Å². The van der Waals surface area contributed by atoms with Gasteiger partial charge in [-0.2, -0.15) is 0 Å². The molecule has 0 spiro atoms. The fourth-order valence-electron chi connectivity index (χ4n) is 3.60. The van der Waals surface area contributed by atoms with E-state index in [-0.39, 0.29) is 33.9 Å². The Bertz CT molecular complexity index is 1280. The van der Waals surface area contributed by atoms with E-state index >= 15 is 0 Å². The third-order valence-electron chi connectivity index (χ3n) is 5.28. The van der Waals surface area contributed by atoms with Crippen molar-refractivity contribution >= 4 is 29.1 Å². The van der Waals surface area contributed by atoms with Gasteiger partial charge >= 0.3 is 5.97 Å². The van der Waals surface area contributed by atoms with Crippen molar-refractivity contribution in [2.75, 3.05) is 19.0 Å². The molecule has 0 aromatic heterocycles. The first kappa shape index (κ1) is 22.7. The van der Waals surface area contributed by atoms with Crippen molar-refractivity contribution in [3.8, 4) is 11.5 Å². The lowest BCUT2D eigenvalue weighted by Crippen LogP contribution is -2.30. The molecule has 4 rings (SSSR count). The van der Waals surface area contributed by atoms with Crippen LogP contribution in [0, 0.1) is 0 Å². The van der Waals surface area contributed by atoms with Gasteiger partial charge in [0.15, 0.2) is 24.3 Å². The van der Waals surface area contributed by atoms with E-state index in [0.29, 0.717) is 17.1 Å². The molecule has 0 fully saturated rings. The Morgan fingerprint density at radius 3 is 2.12 bits per heavy atom. The van der Waals surface area contributed by atoms with Gasteiger partial charge in [0.05, 0.1) is 18.4 Å². The maximum absolute atomic E-state index is 13.0. The number of benzene rings is 3. The largest absolute Gasteiger partial charge is 0.497 e. The number of ketones is 2. The predicted molar refractivity (Wildman–Crippen MR) is 122 cm³/mol. The molecule has 1 aliphatic carbocycles. The molecule has 8 nitrogen and oxygen atoms in total. The van der Waals surface area contributed by atoms with E-state index in [9.17, 15) is 19.2 Å². The number of fused-ring (bicyclic) bond motifs is 2. The molecule has 0 bridgehead atoms. The summed E-state index contributed by atoms with van der Waals surface area (Å²) in [6, 6.07) is 17.8. The minimum atomic E-state index is -0.957. The highest BCUT2D eigenvalue weighted by Gasteiger charge is 2.31. The van der Waals surface area contributed by atoms with Crippen molar-refractivity contribution in [2.45, 2.75) is 13.0 Å². The second kappa shape index (κ2) is 9.58. The average molecular weight is 459 g/mol. The third kappa shape index (κ3) is 4.52. The van der Waals surface area contributed by atoms with Crippen LogP contribution in [-0.2, 0) is 14.3 Å². The molecular formula is C26H21NO7. The standard InChI is InChI=1S/C26H21NO7/c1-15(34-17-12-10-16(32-2)11-13-17)26(31)33-14-22(28)27-21-9-5-8-20-23(21)25(30)19-7-4-3-6-18(19)24(20)29/h3-13,15H,14H2,1-2H3,(H,27,28). The molecule has 0 saturated carbocycles. The van der Waals surface area contributed by atoms with Gasteiger partial charge in [0.25, 0.3) is 5.91 Å². The zero-order valence-corrected chi connectivity index (χ0v) is 18.5. The summed E-state index contributed by atoms with van der Waals surface area (Å²) in [5.74, 6) is -0.962. The van der Waals surface area contributed by atoms with Crippen LogP contribution in [0.5, 0.6) is 11.5 Å². The monoisotopic (exact) mass is 459 g/mol. The van der Waals surface area contributed by atoms with Crippen molar-refractivity contribution in [3.05, 3.63) is 89.0 Å². The van der Waals surface area contributed by atoms with Gasteiger partial charge in [0.1, 0.15) is 11.5 Å². The minimum absolute atomic E-state index is 0.113. The van der Waals surface area contributed by atoms with E-state index in [4.69, 9.17) is 14.2 Å². The fraction of sp³-hybridized carbons (Fsp3) is 0.154. The first-order valence-electron chi connectivity index (χ1n) is 10.5. The maximum atomic E-state index is 13.0. The molecule has 34 heavy (non-hydrogen) atoms. The van der Waals surface area contributed by atoms with Crippen molar-refractivity contribution in [1.29, 1.82) is 0 Å². The van der Waals surface area contributed by atoms with Gasteiger partial charge in [0.2, 0.25) is 0 Å². The maximum Gasteiger partial charge on any atom is 0.347 e. The topological polar surface area (TPSA) is 108 Å². The van der Waals surface area contributed by atoms with E-state index in [1.54, 1.807) is 67.8 Å². The normalized spacial score (nSPS) is 12.8. The number of carbonyl (C=O) groups excluding carboxylic acids is 4. The Kier molecular flexibility index (Phi) is 6.40. The van der Waals surface area contributed by atoms with Crippen LogP contribution in [0.25, 0.3) is 0 Å². The Hall–Kier alpha value is -4.46. The van der Waals surface area contributed by atoms with Crippen LogP contribution in [-0.4, -0.2) is 43.3 Å². The third-order valence-corrected chi connectivity index (χ3v) is 5.28. The number of ether oxygens (including phenoxy) is 3. The van der Waals surface area contributed by atoms with E-state index in [2.05, 4.69) is 5.32 Å². The number of anilines is 1. The highest BCUT2D eigenvalue weighted by molar-refractivity contribution is 6.30. The molecule has 0 aliphatic heterocycles. The smallest absolute Gasteiger partial charge is 0.347 e. The molecule has 1 unspecified atom stereocenters. The zero-order valence-electron chi connectivity index (χ0n) is 18.5. The van der Waals surface area contributed by atoms with E-state index in [0.717, 1.165) is 0 Å². The molecule has 3 aromatic carbocycles. The van der Waals surface area contributed by atoms with Gasteiger partial charge < -0.3 is 19.5 Å². The van der Waals surface area contributed by atoms with Gasteiger partial charge in [-0.25, -0.2) is 4.79 Å². The summed E-state index contributed by atoms with van der Waals surface area (Å²) in [6.07, 6.45) is -0.957. The van der Waals surface area contributed by atoms with Gasteiger partial charge in [-0.3, -0.25) is 14.4 Å². The van der Waals surface area contributed by atoms with Crippen LogP contribution in [0.15, 0.2) is 66.7 Å².